The zero-order valence-electron chi connectivity index (χ0n) is 12.9. The molecule has 0 aromatic heterocycles. The second-order valence-corrected chi connectivity index (χ2v) is 6.21. The van der Waals surface area contributed by atoms with Crippen molar-refractivity contribution >= 4 is 11.8 Å². The molecule has 2 amide bonds. The summed E-state index contributed by atoms with van der Waals surface area (Å²) in [6, 6.07) is 0. The molecule has 0 spiro atoms. The number of amides is 2. The van der Waals surface area contributed by atoms with E-state index in [9.17, 15) is 9.59 Å². The topological polar surface area (TPSA) is 75.9 Å². The molecule has 0 unspecified atom stereocenters. The van der Waals surface area contributed by atoms with Crippen molar-refractivity contribution in [2.24, 2.45) is 17.6 Å². The van der Waals surface area contributed by atoms with Gasteiger partial charge in [0.25, 0.3) is 0 Å². The van der Waals surface area contributed by atoms with E-state index in [1.165, 1.54) is 25.7 Å². The average Bonchev–Trinajstić information content (AvgIpc) is 2.70. The van der Waals surface area contributed by atoms with Crippen LogP contribution in [0.2, 0.25) is 0 Å². The van der Waals surface area contributed by atoms with Gasteiger partial charge in [0.2, 0.25) is 11.8 Å². The Hall–Kier alpha value is -1.14. The molecule has 6 heteroatoms. The van der Waals surface area contributed by atoms with E-state index < -0.39 is 0 Å². The second kappa shape index (κ2) is 7.75. The van der Waals surface area contributed by atoms with E-state index >= 15 is 0 Å². The third-order valence-electron chi connectivity index (χ3n) is 4.60. The summed E-state index contributed by atoms with van der Waals surface area (Å²) in [5, 5.41) is 0. The molecule has 2 fully saturated rings. The molecule has 0 radical (unpaired) electrons. The van der Waals surface area contributed by atoms with Gasteiger partial charge >= 0.3 is 0 Å². The normalized spacial score (nSPS) is 27.6. The third-order valence-corrected chi connectivity index (χ3v) is 4.60. The monoisotopic (exact) mass is 297 g/mol. The van der Waals surface area contributed by atoms with Crippen LogP contribution >= 0.6 is 0 Å². The maximum absolute atomic E-state index is 12.4. The minimum absolute atomic E-state index is 0.0283. The molecule has 120 valence electrons. The number of ether oxygens (including phenoxy) is 1. The van der Waals surface area contributed by atoms with Crippen molar-refractivity contribution in [1.29, 1.82) is 0 Å². The fourth-order valence-corrected chi connectivity index (χ4v) is 3.37. The second-order valence-electron chi connectivity index (χ2n) is 6.21. The largest absolute Gasteiger partial charge is 0.384 e. The summed E-state index contributed by atoms with van der Waals surface area (Å²) in [4.78, 5) is 28.0. The Morgan fingerprint density at radius 2 is 1.81 bits per heavy atom. The molecule has 0 bridgehead atoms. The predicted octanol–water partition coefficient (Wildman–Crippen LogP) is 0.0687. The lowest BCUT2D eigenvalue weighted by Crippen LogP contribution is -2.40. The number of carbonyl (C=O) groups excluding carboxylic acids is 2. The number of hydrogen-bond donors (Lipinski definition) is 1. The minimum atomic E-state index is -0.331. The van der Waals surface area contributed by atoms with Crippen molar-refractivity contribution in [1.82, 2.24) is 9.80 Å². The lowest BCUT2D eigenvalue weighted by Gasteiger charge is -2.23. The highest BCUT2D eigenvalue weighted by Gasteiger charge is 2.38. The van der Waals surface area contributed by atoms with Crippen molar-refractivity contribution < 1.29 is 14.3 Å². The maximum atomic E-state index is 12.4. The zero-order valence-corrected chi connectivity index (χ0v) is 12.9. The summed E-state index contributed by atoms with van der Waals surface area (Å²) >= 11 is 0. The first-order valence-corrected chi connectivity index (χ1v) is 7.90. The van der Waals surface area contributed by atoms with Gasteiger partial charge in [-0.1, -0.05) is 12.8 Å². The molecule has 2 N–H and O–H groups in total. The van der Waals surface area contributed by atoms with Gasteiger partial charge in [-0.2, -0.15) is 0 Å². The van der Waals surface area contributed by atoms with Gasteiger partial charge in [-0.05, 0) is 25.9 Å². The van der Waals surface area contributed by atoms with Crippen LogP contribution in [0.5, 0.6) is 0 Å². The number of primary amides is 1. The van der Waals surface area contributed by atoms with Crippen LogP contribution in [0.1, 0.15) is 25.7 Å². The van der Waals surface area contributed by atoms with Crippen LogP contribution in [0.15, 0.2) is 0 Å². The number of rotatable bonds is 5. The van der Waals surface area contributed by atoms with Crippen molar-refractivity contribution in [2.45, 2.75) is 25.7 Å². The SMILES string of the molecule is COC[C@@H]1CN(C(=O)CN2CCCCCC2)C[C@H]1C(N)=O. The highest BCUT2D eigenvalue weighted by molar-refractivity contribution is 5.82. The first kappa shape index (κ1) is 16.2. The van der Waals surface area contributed by atoms with E-state index in [1.54, 1.807) is 12.0 Å². The molecular weight excluding hydrogens is 270 g/mol. The van der Waals surface area contributed by atoms with Gasteiger partial charge in [-0.3, -0.25) is 14.5 Å². The summed E-state index contributed by atoms with van der Waals surface area (Å²) in [6.07, 6.45) is 4.86. The molecule has 0 saturated carbocycles. The Labute approximate surface area is 126 Å². The summed E-state index contributed by atoms with van der Waals surface area (Å²) in [5.74, 6) is -0.470. The van der Waals surface area contributed by atoms with Crippen molar-refractivity contribution in [3.05, 3.63) is 0 Å². The van der Waals surface area contributed by atoms with Gasteiger partial charge in [0.15, 0.2) is 0 Å². The smallest absolute Gasteiger partial charge is 0.236 e. The molecule has 6 nitrogen and oxygen atoms in total. The standard InChI is InChI=1S/C15H27N3O3/c1-21-11-12-8-18(9-13(12)15(16)20)14(19)10-17-6-4-2-3-5-7-17/h12-13H,2-11H2,1H3,(H2,16,20)/t12-,13+/m0/s1. The van der Waals surface area contributed by atoms with Gasteiger partial charge in [0, 0.05) is 26.1 Å². The van der Waals surface area contributed by atoms with Crippen LogP contribution in [-0.4, -0.2) is 68.1 Å². The Balaban J connectivity index is 1.88. The number of carbonyl (C=O) groups is 2. The average molecular weight is 297 g/mol. The maximum Gasteiger partial charge on any atom is 0.236 e. The van der Waals surface area contributed by atoms with E-state index in [0.717, 1.165) is 13.1 Å². The van der Waals surface area contributed by atoms with Crippen molar-refractivity contribution in [2.75, 3.05) is 46.4 Å². The number of hydrogen-bond acceptors (Lipinski definition) is 4. The lowest BCUT2D eigenvalue weighted by molar-refractivity contribution is -0.131. The first-order valence-electron chi connectivity index (χ1n) is 7.90. The molecule has 2 aliphatic heterocycles. The molecule has 0 aliphatic carbocycles. The van der Waals surface area contributed by atoms with Crippen LogP contribution in [0.3, 0.4) is 0 Å². The molecule has 2 atom stereocenters. The zero-order chi connectivity index (χ0) is 15.2. The van der Waals surface area contributed by atoms with Gasteiger partial charge in [-0.15, -0.1) is 0 Å². The predicted molar refractivity (Wildman–Crippen MR) is 79.5 cm³/mol. The summed E-state index contributed by atoms with van der Waals surface area (Å²) in [7, 11) is 1.61. The number of methoxy groups -OCH3 is 1. The fourth-order valence-electron chi connectivity index (χ4n) is 3.37. The van der Waals surface area contributed by atoms with Crippen LogP contribution in [-0.2, 0) is 14.3 Å². The van der Waals surface area contributed by atoms with E-state index in [-0.39, 0.29) is 23.7 Å². The Bertz CT molecular complexity index is 367. The van der Waals surface area contributed by atoms with Gasteiger partial charge < -0.3 is 15.4 Å². The Kier molecular flexibility index (Phi) is 5.99. The first-order chi connectivity index (χ1) is 10.1. The molecule has 2 saturated heterocycles. The molecule has 2 heterocycles. The van der Waals surface area contributed by atoms with Crippen LogP contribution in [0, 0.1) is 11.8 Å². The lowest BCUT2D eigenvalue weighted by atomic mass is 9.96. The van der Waals surface area contributed by atoms with Gasteiger partial charge in [0.05, 0.1) is 19.1 Å². The van der Waals surface area contributed by atoms with E-state index in [1.807, 2.05) is 0 Å². The summed E-state index contributed by atoms with van der Waals surface area (Å²) < 4.78 is 5.14. The van der Waals surface area contributed by atoms with Gasteiger partial charge in [0.1, 0.15) is 0 Å². The summed E-state index contributed by atoms with van der Waals surface area (Å²) in [5.41, 5.74) is 5.44. The fraction of sp³-hybridized carbons (Fsp3) is 0.867. The van der Waals surface area contributed by atoms with Crippen LogP contribution in [0.4, 0.5) is 0 Å². The Morgan fingerprint density at radius 1 is 1.14 bits per heavy atom. The highest BCUT2D eigenvalue weighted by atomic mass is 16.5. The van der Waals surface area contributed by atoms with E-state index in [2.05, 4.69) is 4.90 Å². The van der Waals surface area contributed by atoms with E-state index in [0.29, 0.717) is 26.2 Å². The quantitative estimate of drug-likeness (QED) is 0.779. The molecule has 2 aliphatic rings. The van der Waals surface area contributed by atoms with Crippen LogP contribution in [0.25, 0.3) is 0 Å². The molecule has 2 rings (SSSR count). The number of likely N-dealkylation sites (tertiary alicyclic amines) is 2. The minimum Gasteiger partial charge on any atom is -0.384 e. The van der Waals surface area contributed by atoms with Crippen molar-refractivity contribution in [3.8, 4) is 0 Å². The van der Waals surface area contributed by atoms with Crippen molar-refractivity contribution in [3.63, 3.8) is 0 Å². The molecule has 0 aromatic carbocycles. The highest BCUT2D eigenvalue weighted by Crippen LogP contribution is 2.24. The third kappa shape index (κ3) is 4.41. The molecular formula is C15H27N3O3. The Morgan fingerprint density at radius 3 is 2.38 bits per heavy atom. The number of nitrogens with zero attached hydrogens (tertiary/aromatic N) is 2. The summed E-state index contributed by atoms with van der Waals surface area (Å²) in [6.45, 7) is 3.96. The van der Waals surface area contributed by atoms with Gasteiger partial charge in [-0.25, -0.2) is 0 Å². The molecule has 21 heavy (non-hydrogen) atoms. The number of nitrogens with two attached hydrogens (primary N) is 1. The van der Waals surface area contributed by atoms with E-state index in [4.69, 9.17) is 10.5 Å². The molecule has 0 aromatic rings. The van der Waals surface area contributed by atoms with Crippen LogP contribution < -0.4 is 5.73 Å².